The van der Waals surface area contributed by atoms with Gasteiger partial charge in [-0.15, -0.1) is 0 Å². The van der Waals surface area contributed by atoms with Gasteiger partial charge >= 0.3 is 0 Å². The number of nitrogens with zero attached hydrogens (tertiary/aromatic N) is 2. The van der Waals surface area contributed by atoms with Crippen LogP contribution in [-0.4, -0.2) is 62.2 Å². The molecule has 1 amide bonds. The smallest absolute Gasteiger partial charge is 0.225 e. The number of methoxy groups -OCH3 is 1. The topological polar surface area (TPSA) is 42.0 Å². The van der Waals surface area contributed by atoms with Crippen LogP contribution in [0.2, 0.25) is 0 Å². The van der Waals surface area contributed by atoms with E-state index in [9.17, 15) is 4.79 Å². The second-order valence-electron chi connectivity index (χ2n) is 6.79. The van der Waals surface area contributed by atoms with E-state index in [0.29, 0.717) is 19.1 Å². The quantitative estimate of drug-likeness (QED) is 0.846. The zero-order valence-corrected chi connectivity index (χ0v) is 14.8. The summed E-state index contributed by atoms with van der Waals surface area (Å²) in [5.41, 5.74) is 2.44. The van der Waals surface area contributed by atoms with Gasteiger partial charge in [0.1, 0.15) is 5.75 Å². The fourth-order valence-electron chi connectivity index (χ4n) is 3.60. The molecule has 2 heterocycles. The van der Waals surface area contributed by atoms with E-state index in [2.05, 4.69) is 30.0 Å². The van der Waals surface area contributed by atoms with Crippen LogP contribution >= 0.6 is 0 Å². The molecule has 0 radical (unpaired) electrons. The highest BCUT2D eigenvalue weighted by atomic mass is 16.5. The lowest BCUT2D eigenvalue weighted by atomic mass is 9.94. The van der Waals surface area contributed by atoms with Crippen molar-refractivity contribution in [2.24, 2.45) is 5.92 Å². The van der Waals surface area contributed by atoms with E-state index < -0.39 is 0 Å². The number of hydrogen-bond acceptors (Lipinski definition) is 4. The minimum Gasteiger partial charge on any atom is -0.496 e. The van der Waals surface area contributed by atoms with Crippen molar-refractivity contribution in [2.45, 2.75) is 26.3 Å². The van der Waals surface area contributed by atoms with Crippen LogP contribution in [0.3, 0.4) is 0 Å². The average molecular weight is 332 g/mol. The molecule has 0 aromatic heterocycles. The number of aryl methyl sites for hydroxylation is 1. The number of hydrogen-bond donors (Lipinski definition) is 0. The number of ether oxygens (including phenoxy) is 2. The lowest BCUT2D eigenvalue weighted by molar-refractivity contribution is -0.141. The van der Waals surface area contributed by atoms with Crippen LogP contribution in [0.1, 0.15) is 24.0 Å². The fourth-order valence-corrected chi connectivity index (χ4v) is 3.60. The van der Waals surface area contributed by atoms with E-state index in [-0.39, 0.29) is 5.92 Å². The van der Waals surface area contributed by atoms with E-state index in [0.717, 1.165) is 56.9 Å². The number of likely N-dealkylation sites (tertiary alicyclic amines) is 1. The second kappa shape index (κ2) is 7.99. The molecule has 0 aliphatic carbocycles. The Balaban J connectivity index is 1.50. The Morgan fingerprint density at radius 3 is 2.58 bits per heavy atom. The number of morpholine rings is 1. The Labute approximate surface area is 144 Å². The molecule has 5 nitrogen and oxygen atoms in total. The van der Waals surface area contributed by atoms with Crippen LogP contribution < -0.4 is 4.74 Å². The standard InChI is InChI=1S/C19H28N2O3/c1-15-3-4-16(13-18(15)23-2)14-20-7-5-17(6-8-20)19(22)21-9-11-24-12-10-21/h3-4,13,17H,5-12,14H2,1-2H3. The number of amides is 1. The highest BCUT2D eigenvalue weighted by Gasteiger charge is 2.29. The van der Waals surface area contributed by atoms with Gasteiger partial charge in [-0.2, -0.15) is 0 Å². The summed E-state index contributed by atoms with van der Waals surface area (Å²) in [5.74, 6) is 1.46. The molecule has 0 saturated carbocycles. The van der Waals surface area contributed by atoms with Gasteiger partial charge in [-0.05, 0) is 50.0 Å². The summed E-state index contributed by atoms with van der Waals surface area (Å²) < 4.78 is 10.7. The van der Waals surface area contributed by atoms with Crippen molar-refractivity contribution in [3.8, 4) is 5.75 Å². The number of carbonyl (C=O) groups excluding carboxylic acids is 1. The summed E-state index contributed by atoms with van der Waals surface area (Å²) in [6, 6.07) is 6.41. The number of rotatable bonds is 4. The van der Waals surface area contributed by atoms with Gasteiger partial charge < -0.3 is 14.4 Å². The minimum atomic E-state index is 0.187. The first-order chi connectivity index (χ1) is 11.7. The molecule has 1 aromatic carbocycles. The molecule has 2 aliphatic rings. The van der Waals surface area contributed by atoms with E-state index in [1.165, 1.54) is 5.56 Å². The third kappa shape index (κ3) is 4.08. The van der Waals surface area contributed by atoms with Crippen molar-refractivity contribution >= 4 is 5.91 Å². The lowest BCUT2D eigenvalue weighted by Gasteiger charge is -2.35. The molecule has 132 valence electrons. The molecule has 3 rings (SSSR count). The first-order valence-corrected chi connectivity index (χ1v) is 8.90. The summed E-state index contributed by atoms with van der Waals surface area (Å²) in [6.45, 7) is 7.82. The molecule has 5 heteroatoms. The van der Waals surface area contributed by atoms with E-state index in [4.69, 9.17) is 9.47 Å². The molecule has 2 fully saturated rings. The minimum absolute atomic E-state index is 0.187. The maximum atomic E-state index is 12.6. The molecule has 0 bridgehead atoms. The van der Waals surface area contributed by atoms with Crippen molar-refractivity contribution in [3.05, 3.63) is 29.3 Å². The largest absolute Gasteiger partial charge is 0.496 e. The third-order valence-corrected chi connectivity index (χ3v) is 5.14. The van der Waals surface area contributed by atoms with Crippen molar-refractivity contribution in [3.63, 3.8) is 0 Å². The zero-order valence-electron chi connectivity index (χ0n) is 14.8. The van der Waals surface area contributed by atoms with Crippen molar-refractivity contribution in [2.75, 3.05) is 46.5 Å². The Morgan fingerprint density at radius 1 is 1.21 bits per heavy atom. The van der Waals surface area contributed by atoms with Crippen molar-refractivity contribution in [1.29, 1.82) is 0 Å². The molecular formula is C19H28N2O3. The van der Waals surface area contributed by atoms with Crippen LogP contribution in [0.15, 0.2) is 18.2 Å². The van der Waals surface area contributed by atoms with E-state index >= 15 is 0 Å². The Morgan fingerprint density at radius 2 is 1.92 bits per heavy atom. The molecule has 2 saturated heterocycles. The number of piperidine rings is 1. The molecule has 24 heavy (non-hydrogen) atoms. The molecule has 1 aromatic rings. The SMILES string of the molecule is COc1cc(CN2CCC(C(=O)N3CCOCC3)CC2)ccc1C. The Kier molecular flexibility index (Phi) is 5.74. The summed E-state index contributed by atoms with van der Waals surface area (Å²) in [7, 11) is 1.72. The van der Waals surface area contributed by atoms with E-state index in [1.54, 1.807) is 7.11 Å². The Hall–Kier alpha value is -1.59. The van der Waals surface area contributed by atoms with Gasteiger partial charge in [-0.25, -0.2) is 0 Å². The zero-order chi connectivity index (χ0) is 16.9. The van der Waals surface area contributed by atoms with Crippen LogP contribution in [0, 0.1) is 12.8 Å². The maximum absolute atomic E-state index is 12.6. The molecular weight excluding hydrogens is 304 g/mol. The molecule has 0 atom stereocenters. The number of carbonyl (C=O) groups is 1. The molecule has 0 unspecified atom stereocenters. The normalized spacial score (nSPS) is 20.2. The van der Waals surface area contributed by atoms with Crippen molar-refractivity contribution in [1.82, 2.24) is 9.80 Å². The van der Waals surface area contributed by atoms with Crippen molar-refractivity contribution < 1.29 is 14.3 Å². The molecule has 2 aliphatic heterocycles. The second-order valence-corrected chi connectivity index (χ2v) is 6.79. The van der Waals surface area contributed by atoms with E-state index in [1.807, 2.05) is 4.90 Å². The summed E-state index contributed by atoms with van der Waals surface area (Å²) in [5, 5.41) is 0. The third-order valence-electron chi connectivity index (χ3n) is 5.14. The predicted octanol–water partition coefficient (Wildman–Crippen LogP) is 2.07. The summed E-state index contributed by atoms with van der Waals surface area (Å²) in [6.07, 6.45) is 1.92. The molecule has 0 spiro atoms. The average Bonchev–Trinajstić information content (AvgIpc) is 2.64. The van der Waals surface area contributed by atoms with Gasteiger partial charge in [0.2, 0.25) is 5.91 Å². The first-order valence-electron chi connectivity index (χ1n) is 8.90. The van der Waals surface area contributed by atoms with Gasteiger partial charge in [-0.1, -0.05) is 12.1 Å². The highest BCUT2D eigenvalue weighted by Crippen LogP contribution is 2.24. The van der Waals surface area contributed by atoms with Gasteiger partial charge in [-0.3, -0.25) is 9.69 Å². The van der Waals surface area contributed by atoms with Crippen LogP contribution in [-0.2, 0) is 16.1 Å². The van der Waals surface area contributed by atoms with Crippen LogP contribution in [0.5, 0.6) is 5.75 Å². The van der Waals surface area contributed by atoms with Crippen LogP contribution in [0.25, 0.3) is 0 Å². The fraction of sp³-hybridized carbons (Fsp3) is 0.632. The van der Waals surface area contributed by atoms with Gasteiger partial charge in [0.25, 0.3) is 0 Å². The van der Waals surface area contributed by atoms with Gasteiger partial charge in [0.05, 0.1) is 20.3 Å². The Bertz CT molecular complexity index is 562. The van der Waals surface area contributed by atoms with Gasteiger partial charge in [0.15, 0.2) is 0 Å². The summed E-state index contributed by atoms with van der Waals surface area (Å²) in [4.78, 5) is 17.0. The predicted molar refractivity (Wildman–Crippen MR) is 93.1 cm³/mol. The first kappa shape index (κ1) is 17.2. The van der Waals surface area contributed by atoms with Crippen LogP contribution in [0.4, 0.5) is 0 Å². The lowest BCUT2D eigenvalue weighted by Crippen LogP contribution is -2.46. The summed E-state index contributed by atoms with van der Waals surface area (Å²) >= 11 is 0. The van der Waals surface area contributed by atoms with Gasteiger partial charge in [0, 0.05) is 25.6 Å². The number of benzene rings is 1. The monoisotopic (exact) mass is 332 g/mol. The maximum Gasteiger partial charge on any atom is 0.225 e. The molecule has 0 N–H and O–H groups in total. The highest BCUT2D eigenvalue weighted by molar-refractivity contribution is 5.79.